The van der Waals surface area contributed by atoms with Crippen LogP contribution in [0, 0.1) is 0 Å². The second kappa shape index (κ2) is 8.89. The zero-order chi connectivity index (χ0) is 21.8. The summed E-state index contributed by atoms with van der Waals surface area (Å²) in [7, 11) is 0. The van der Waals surface area contributed by atoms with Crippen LogP contribution in [0.3, 0.4) is 0 Å². The first-order valence-corrected chi connectivity index (χ1v) is 10.5. The van der Waals surface area contributed by atoms with E-state index in [1.54, 1.807) is 50.5 Å². The summed E-state index contributed by atoms with van der Waals surface area (Å²) in [5.41, 5.74) is 0.815. The molecule has 160 valence electrons. The fourth-order valence-corrected chi connectivity index (χ4v) is 3.66. The number of pyridine rings is 1. The third-order valence-electron chi connectivity index (χ3n) is 5.22. The maximum Gasteiger partial charge on any atom is 0.266 e. The number of benzene rings is 1. The molecule has 4 rings (SSSR count). The van der Waals surface area contributed by atoms with E-state index in [1.807, 2.05) is 29.2 Å². The molecule has 1 aromatic carbocycles. The van der Waals surface area contributed by atoms with E-state index in [2.05, 4.69) is 20.1 Å². The van der Waals surface area contributed by atoms with Crippen molar-refractivity contribution < 1.29 is 9.53 Å². The minimum absolute atomic E-state index is 0.0405. The molecule has 1 aliphatic heterocycles. The minimum atomic E-state index is -0.970. The van der Waals surface area contributed by atoms with Crippen molar-refractivity contribution in [2.45, 2.75) is 19.4 Å². The number of piperazine rings is 1. The van der Waals surface area contributed by atoms with Crippen LogP contribution in [0.25, 0.3) is 11.3 Å². The Labute approximate surface area is 186 Å². The van der Waals surface area contributed by atoms with Gasteiger partial charge in [-0.15, -0.1) is 10.2 Å². The van der Waals surface area contributed by atoms with Gasteiger partial charge >= 0.3 is 0 Å². The molecule has 0 saturated carbocycles. The predicted octanol–water partition coefficient (Wildman–Crippen LogP) is 3.70. The lowest BCUT2D eigenvalue weighted by atomic mass is 10.1. The molecule has 0 bridgehead atoms. The number of ether oxygens (including phenoxy) is 1. The predicted molar refractivity (Wildman–Crippen MR) is 120 cm³/mol. The van der Waals surface area contributed by atoms with Gasteiger partial charge in [0.1, 0.15) is 5.75 Å². The molecule has 1 fully saturated rings. The summed E-state index contributed by atoms with van der Waals surface area (Å²) >= 11 is 5.92. The molecule has 0 radical (unpaired) electrons. The topological polar surface area (TPSA) is 71.5 Å². The van der Waals surface area contributed by atoms with Crippen LogP contribution in [0.5, 0.6) is 5.75 Å². The van der Waals surface area contributed by atoms with Crippen LogP contribution < -0.4 is 9.64 Å². The van der Waals surface area contributed by atoms with Crippen molar-refractivity contribution in [2.24, 2.45) is 0 Å². The Morgan fingerprint density at radius 1 is 0.935 bits per heavy atom. The molecule has 7 nitrogen and oxygen atoms in total. The minimum Gasteiger partial charge on any atom is -0.478 e. The van der Waals surface area contributed by atoms with Gasteiger partial charge in [-0.05, 0) is 62.4 Å². The third-order valence-corrected chi connectivity index (χ3v) is 5.47. The zero-order valence-corrected chi connectivity index (χ0v) is 18.3. The highest BCUT2D eigenvalue weighted by atomic mass is 35.5. The molecule has 31 heavy (non-hydrogen) atoms. The highest BCUT2D eigenvalue weighted by Gasteiger charge is 2.36. The summed E-state index contributed by atoms with van der Waals surface area (Å²) in [6, 6.07) is 14.8. The standard InChI is InChI=1S/C23H24ClN5O2/c1-23(2,31-19-5-3-18(24)4-6-19)22(30)29-15-13-28(14-16-29)21-8-7-20(26-27-21)17-9-11-25-12-10-17/h3-12H,13-16H2,1-2H3. The first-order chi connectivity index (χ1) is 14.9. The van der Waals surface area contributed by atoms with Gasteiger partial charge < -0.3 is 14.5 Å². The molecule has 3 aromatic rings. The average molecular weight is 438 g/mol. The summed E-state index contributed by atoms with van der Waals surface area (Å²) in [4.78, 5) is 21.1. The summed E-state index contributed by atoms with van der Waals surface area (Å²) in [5.74, 6) is 1.38. The van der Waals surface area contributed by atoms with Gasteiger partial charge in [-0.25, -0.2) is 0 Å². The normalized spacial score (nSPS) is 14.4. The molecular formula is C23H24ClN5O2. The number of carbonyl (C=O) groups is 1. The van der Waals surface area contributed by atoms with Crippen LogP contribution >= 0.6 is 11.6 Å². The van der Waals surface area contributed by atoms with E-state index >= 15 is 0 Å². The second-order valence-electron chi connectivity index (χ2n) is 7.86. The maximum absolute atomic E-state index is 13.1. The molecule has 0 atom stereocenters. The van der Waals surface area contributed by atoms with Crippen molar-refractivity contribution in [2.75, 3.05) is 31.1 Å². The number of halogens is 1. The number of aromatic nitrogens is 3. The van der Waals surface area contributed by atoms with Gasteiger partial charge in [0.05, 0.1) is 5.69 Å². The van der Waals surface area contributed by atoms with Gasteiger partial charge in [0.2, 0.25) is 0 Å². The molecule has 8 heteroatoms. The molecule has 0 N–H and O–H groups in total. The Morgan fingerprint density at radius 2 is 1.61 bits per heavy atom. The van der Waals surface area contributed by atoms with E-state index in [0.29, 0.717) is 37.0 Å². The van der Waals surface area contributed by atoms with Gasteiger partial charge in [-0.2, -0.15) is 0 Å². The average Bonchev–Trinajstić information content (AvgIpc) is 2.81. The second-order valence-corrected chi connectivity index (χ2v) is 8.29. The van der Waals surface area contributed by atoms with E-state index < -0.39 is 5.60 Å². The van der Waals surface area contributed by atoms with Gasteiger partial charge in [0.25, 0.3) is 5.91 Å². The summed E-state index contributed by atoms with van der Waals surface area (Å²) in [5, 5.41) is 9.35. The van der Waals surface area contributed by atoms with Crippen LogP contribution in [0.15, 0.2) is 60.9 Å². The lowest BCUT2D eigenvalue weighted by Gasteiger charge is -2.38. The molecule has 1 amide bonds. The van der Waals surface area contributed by atoms with Crippen molar-refractivity contribution >= 4 is 23.3 Å². The summed E-state index contributed by atoms with van der Waals surface area (Å²) < 4.78 is 5.95. The molecule has 0 spiro atoms. The molecule has 1 saturated heterocycles. The van der Waals surface area contributed by atoms with Crippen LogP contribution in [-0.4, -0.2) is 57.8 Å². The van der Waals surface area contributed by atoms with E-state index in [9.17, 15) is 4.79 Å². The monoisotopic (exact) mass is 437 g/mol. The number of anilines is 1. The Hall–Kier alpha value is -3.19. The lowest BCUT2D eigenvalue weighted by Crippen LogP contribution is -2.56. The number of hydrogen-bond acceptors (Lipinski definition) is 6. The van der Waals surface area contributed by atoms with Gasteiger partial charge in [-0.1, -0.05) is 11.6 Å². The first kappa shape index (κ1) is 21.1. The lowest BCUT2D eigenvalue weighted by molar-refractivity contribution is -0.145. The summed E-state index contributed by atoms with van der Waals surface area (Å²) in [6.45, 7) is 6.15. The molecule has 0 aliphatic carbocycles. The van der Waals surface area contributed by atoms with Crippen LogP contribution in [-0.2, 0) is 4.79 Å². The van der Waals surface area contributed by atoms with Crippen molar-refractivity contribution in [1.29, 1.82) is 0 Å². The largest absolute Gasteiger partial charge is 0.478 e. The molecule has 3 heterocycles. The van der Waals surface area contributed by atoms with Crippen molar-refractivity contribution in [3.8, 4) is 17.0 Å². The van der Waals surface area contributed by atoms with E-state index in [4.69, 9.17) is 16.3 Å². The number of nitrogens with zero attached hydrogens (tertiary/aromatic N) is 5. The SMILES string of the molecule is CC(C)(Oc1ccc(Cl)cc1)C(=O)N1CCN(c2ccc(-c3ccncc3)nn2)CC1. The number of rotatable bonds is 5. The Balaban J connectivity index is 1.35. The van der Waals surface area contributed by atoms with E-state index in [-0.39, 0.29) is 5.91 Å². The first-order valence-electron chi connectivity index (χ1n) is 10.2. The molecule has 1 aliphatic rings. The molecular weight excluding hydrogens is 414 g/mol. The smallest absolute Gasteiger partial charge is 0.266 e. The molecule has 0 unspecified atom stereocenters. The van der Waals surface area contributed by atoms with Gasteiger partial charge in [-0.3, -0.25) is 9.78 Å². The summed E-state index contributed by atoms with van der Waals surface area (Å²) in [6.07, 6.45) is 3.47. The fourth-order valence-electron chi connectivity index (χ4n) is 3.53. The Bertz CT molecular complexity index is 1020. The third kappa shape index (κ3) is 4.94. The van der Waals surface area contributed by atoms with E-state index in [0.717, 1.165) is 17.1 Å². The van der Waals surface area contributed by atoms with Crippen LogP contribution in [0.1, 0.15) is 13.8 Å². The van der Waals surface area contributed by atoms with Crippen molar-refractivity contribution in [1.82, 2.24) is 20.1 Å². The van der Waals surface area contributed by atoms with Gasteiger partial charge in [0, 0.05) is 49.2 Å². The Kier molecular flexibility index (Phi) is 6.04. The van der Waals surface area contributed by atoms with Gasteiger partial charge in [0.15, 0.2) is 11.4 Å². The number of amides is 1. The highest BCUT2D eigenvalue weighted by molar-refractivity contribution is 6.30. The fraction of sp³-hybridized carbons (Fsp3) is 0.304. The van der Waals surface area contributed by atoms with Crippen molar-refractivity contribution in [3.63, 3.8) is 0 Å². The van der Waals surface area contributed by atoms with Crippen LogP contribution in [0.4, 0.5) is 5.82 Å². The Morgan fingerprint density at radius 3 is 2.23 bits per heavy atom. The quantitative estimate of drug-likeness (QED) is 0.606. The number of carbonyl (C=O) groups excluding carboxylic acids is 1. The maximum atomic E-state index is 13.1. The van der Waals surface area contributed by atoms with Crippen molar-refractivity contribution in [3.05, 3.63) is 65.9 Å². The zero-order valence-electron chi connectivity index (χ0n) is 17.5. The van der Waals surface area contributed by atoms with E-state index in [1.165, 1.54) is 0 Å². The number of hydrogen-bond donors (Lipinski definition) is 0. The van der Waals surface area contributed by atoms with Crippen LogP contribution in [0.2, 0.25) is 5.02 Å². The molecule has 2 aromatic heterocycles. The highest BCUT2D eigenvalue weighted by Crippen LogP contribution is 2.24.